The van der Waals surface area contributed by atoms with Crippen LogP contribution in [0, 0.1) is 12.7 Å². The molecule has 1 amide bonds. The van der Waals surface area contributed by atoms with E-state index in [9.17, 15) is 9.18 Å². The Morgan fingerprint density at radius 1 is 1.13 bits per heavy atom. The van der Waals surface area contributed by atoms with E-state index in [1.54, 1.807) is 13.2 Å². The molecule has 0 unspecified atom stereocenters. The summed E-state index contributed by atoms with van der Waals surface area (Å²) in [6.07, 6.45) is 1.82. The van der Waals surface area contributed by atoms with E-state index in [-0.39, 0.29) is 17.3 Å². The van der Waals surface area contributed by atoms with Crippen LogP contribution in [-0.2, 0) is 4.74 Å². The van der Waals surface area contributed by atoms with Gasteiger partial charge in [0, 0.05) is 71.1 Å². The number of aryl methyl sites for hydroxylation is 1. The van der Waals surface area contributed by atoms with Crippen molar-refractivity contribution in [3.05, 3.63) is 35.1 Å². The number of carbonyl (C=O) groups is 1. The summed E-state index contributed by atoms with van der Waals surface area (Å²) in [5, 5.41) is 3.36. The van der Waals surface area contributed by atoms with E-state index in [2.05, 4.69) is 33.9 Å². The van der Waals surface area contributed by atoms with Gasteiger partial charge >= 0.3 is 0 Å². The molecule has 1 aromatic carbocycles. The number of hydrogen-bond acceptors (Lipinski definition) is 5. The van der Waals surface area contributed by atoms with Crippen LogP contribution >= 0.6 is 0 Å². The lowest BCUT2D eigenvalue weighted by Gasteiger charge is -2.47. The molecule has 2 aliphatic heterocycles. The second-order valence-corrected chi connectivity index (χ2v) is 9.43. The van der Waals surface area contributed by atoms with Crippen molar-refractivity contribution in [2.24, 2.45) is 0 Å². The van der Waals surface area contributed by atoms with Crippen LogP contribution in [0.4, 0.5) is 4.39 Å². The maximum Gasteiger partial charge on any atom is 0.252 e. The fraction of sp³-hybridized carbons (Fsp3) is 0.708. The number of carbonyl (C=O) groups excluding carboxylic acids is 1. The standard InChI is InChI=1S/C24H39FN4O2/c1-19(2)29-9-7-24(8-10-29,18-28-13-11-27(12-14-28)15-16-31-4)26-23(30)22-17-21(25)6-5-20(22)3/h5-6,17,19H,7-16,18H2,1-4H3,(H,26,30). The van der Waals surface area contributed by atoms with Crippen LogP contribution < -0.4 is 5.32 Å². The highest BCUT2D eigenvalue weighted by atomic mass is 19.1. The zero-order valence-corrected chi connectivity index (χ0v) is 19.6. The number of methoxy groups -OCH3 is 1. The second-order valence-electron chi connectivity index (χ2n) is 9.43. The molecule has 31 heavy (non-hydrogen) atoms. The van der Waals surface area contributed by atoms with E-state index in [0.29, 0.717) is 11.6 Å². The molecule has 6 nitrogen and oxygen atoms in total. The van der Waals surface area contributed by atoms with Gasteiger partial charge in [-0.2, -0.15) is 0 Å². The highest BCUT2D eigenvalue weighted by Crippen LogP contribution is 2.26. The fourth-order valence-electron chi connectivity index (χ4n) is 4.76. The second kappa shape index (κ2) is 10.9. The highest BCUT2D eigenvalue weighted by molar-refractivity contribution is 5.96. The molecule has 0 atom stereocenters. The topological polar surface area (TPSA) is 48.1 Å². The minimum Gasteiger partial charge on any atom is -0.383 e. The van der Waals surface area contributed by atoms with Gasteiger partial charge in [0.2, 0.25) is 0 Å². The number of amides is 1. The molecular formula is C24H39FN4O2. The average molecular weight is 435 g/mol. The van der Waals surface area contributed by atoms with Gasteiger partial charge in [-0.25, -0.2) is 4.39 Å². The lowest BCUT2D eigenvalue weighted by Crippen LogP contribution is -2.63. The van der Waals surface area contributed by atoms with Gasteiger partial charge in [0.1, 0.15) is 5.82 Å². The number of piperidine rings is 1. The third kappa shape index (κ3) is 6.48. The molecule has 0 saturated carbocycles. The Morgan fingerprint density at radius 3 is 2.39 bits per heavy atom. The van der Waals surface area contributed by atoms with Gasteiger partial charge in [-0.1, -0.05) is 6.07 Å². The van der Waals surface area contributed by atoms with Gasteiger partial charge in [0.15, 0.2) is 0 Å². The van der Waals surface area contributed by atoms with Crippen molar-refractivity contribution in [2.75, 3.05) is 66.1 Å². The van der Waals surface area contributed by atoms with Crippen molar-refractivity contribution in [3.8, 4) is 0 Å². The molecule has 0 aliphatic carbocycles. The van der Waals surface area contributed by atoms with Crippen LogP contribution in [0.1, 0.15) is 42.6 Å². The van der Waals surface area contributed by atoms with Crippen LogP contribution in [0.3, 0.4) is 0 Å². The lowest BCUT2D eigenvalue weighted by molar-refractivity contribution is 0.0448. The molecule has 0 aromatic heterocycles. The molecule has 1 N–H and O–H groups in total. The Morgan fingerprint density at radius 2 is 1.77 bits per heavy atom. The highest BCUT2D eigenvalue weighted by Gasteiger charge is 2.39. The smallest absolute Gasteiger partial charge is 0.252 e. The van der Waals surface area contributed by atoms with Gasteiger partial charge in [0.05, 0.1) is 12.1 Å². The van der Waals surface area contributed by atoms with Crippen molar-refractivity contribution < 1.29 is 13.9 Å². The predicted molar refractivity (Wildman–Crippen MR) is 122 cm³/mol. The normalized spacial score (nSPS) is 20.8. The third-order valence-electron chi connectivity index (χ3n) is 6.91. The number of benzene rings is 1. The van der Waals surface area contributed by atoms with Crippen molar-refractivity contribution in [1.82, 2.24) is 20.0 Å². The van der Waals surface area contributed by atoms with Crippen LogP contribution in [0.25, 0.3) is 0 Å². The monoisotopic (exact) mass is 434 g/mol. The first-order valence-electron chi connectivity index (χ1n) is 11.6. The molecular weight excluding hydrogens is 395 g/mol. The number of piperazine rings is 1. The number of ether oxygens (including phenoxy) is 1. The molecule has 174 valence electrons. The fourth-order valence-corrected chi connectivity index (χ4v) is 4.76. The van der Waals surface area contributed by atoms with E-state index in [1.807, 2.05) is 6.92 Å². The van der Waals surface area contributed by atoms with Crippen molar-refractivity contribution in [2.45, 2.75) is 45.2 Å². The van der Waals surface area contributed by atoms with Gasteiger partial charge in [0.25, 0.3) is 5.91 Å². The summed E-state index contributed by atoms with van der Waals surface area (Å²) in [7, 11) is 1.74. The Bertz CT molecular complexity index is 726. The molecule has 0 bridgehead atoms. The van der Waals surface area contributed by atoms with Gasteiger partial charge in [-0.15, -0.1) is 0 Å². The summed E-state index contributed by atoms with van der Waals surface area (Å²) in [6, 6.07) is 4.95. The summed E-state index contributed by atoms with van der Waals surface area (Å²) in [5.41, 5.74) is 0.964. The van der Waals surface area contributed by atoms with Gasteiger partial charge in [-0.3, -0.25) is 14.6 Å². The number of nitrogens with zero attached hydrogens (tertiary/aromatic N) is 3. The van der Waals surface area contributed by atoms with E-state index >= 15 is 0 Å². The average Bonchev–Trinajstić information content (AvgIpc) is 2.75. The first kappa shape index (κ1) is 24.1. The minimum absolute atomic E-state index is 0.159. The molecule has 7 heteroatoms. The number of rotatable bonds is 8. The van der Waals surface area contributed by atoms with Crippen molar-refractivity contribution in [3.63, 3.8) is 0 Å². The summed E-state index contributed by atoms with van der Waals surface area (Å²) in [6.45, 7) is 14.8. The Hall–Kier alpha value is -1.54. The van der Waals surface area contributed by atoms with E-state index < -0.39 is 0 Å². The van der Waals surface area contributed by atoms with E-state index in [0.717, 1.165) is 77.4 Å². The van der Waals surface area contributed by atoms with E-state index in [1.165, 1.54) is 12.1 Å². The maximum absolute atomic E-state index is 13.8. The summed E-state index contributed by atoms with van der Waals surface area (Å²) < 4.78 is 19.0. The van der Waals surface area contributed by atoms with Crippen molar-refractivity contribution >= 4 is 5.91 Å². The molecule has 3 rings (SSSR count). The molecule has 0 spiro atoms. The van der Waals surface area contributed by atoms with E-state index in [4.69, 9.17) is 4.74 Å². The van der Waals surface area contributed by atoms with Crippen LogP contribution in [0.5, 0.6) is 0 Å². The number of halogens is 1. The summed E-state index contributed by atoms with van der Waals surface area (Å²) in [4.78, 5) is 20.6. The quantitative estimate of drug-likeness (QED) is 0.681. The third-order valence-corrected chi connectivity index (χ3v) is 6.91. The zero-order chi connectivity index (χ0) is 22.4. The molecule has 2 aliphatic rings. The molecule has 1 aromatic rings. The first-order chi connectivity index (χ1) is 14.8. The predicted octanol–water partition coefficient (Wildman–Crippen LogP) is 2.37. The molecule has 2 fully saturated rings. The SMILES string of the molecule is COCCN1CCN(CC2(NC(=O)c3cc(F)ccc3C)CCN(C(C)C)CC2)CC1. The Kier molecular flexibility index (Phi) is 8.44. The zero-order valence-electron chi connectivity index (χ0n) is 19.6. The molecule has 2 heterocycles. The van der Waals surface area contributed by atoms with Crippen LogP contribution in [0.15, 0.2) is 18.2 Å². The van der Waals surface area contributed by atoms with Gasteiger partial charge in [-0.05, 0) is 51.3 Å². The Labute approximate surface area is 186 Å². The Balaban J connectivity index is 1.69. The largest absolute Gasteiger partial charge is 0.383 e. The molecule has 2 saturated heterocycles. The summed E-state index contributed by atoms with van der Waals surface area (Å²) in [5.74, 6) is -0.527. The molecule has 0 radical (unpaired) electrons. The van der Waals surface area contributed by atoms with Gasteiger partial charge < -0.3 is 15.0 Å². The maximum atomic E-state index is 13.8. The summed E-state index contributed by atoms with van der Waals surface area (Å²) >= 11 is 0. The number of hydrogen-bond donors (Lipinski definition) is 1. The van der Waals surface area contributed by atoms with Crippen molar-refractivity contribution in [1.29, 1.82) is 0 Å². The minimum atomic E-state index is -0.369. The first-order valence-corrected chi connectivity index (χ1v) is 11.6. The lowest BCUT2D eigenvalue weighted by atomic mass is 9.85. The van der Waals surface area contributed by atoms with Crippen LogP contribution in [-0.4, -0.2) is 98.3 Å². The van der Waals surface area contributed by atoms with Crippen LogP contribution in [0.2, 0.25) is 0 Å². The number of nitrogens with one attached hydrogen (secondary N) is 1. The number of likely N-dealkylation sites (tertiary alicyclic amines) is 1.